The minimum absolute atomic E-state index is 0.806. The number of fused-ring (bicyclic) bond motifs is 9. The first-order chi connectivity index (χ1) is 26.1. The lowest BCUT2D eigenvalue weighted by atomic mass is 9.96. The van der Waals surface area contributed by atoms with Crippen LogP contribution in [0, 0.1) is 6.92 Å². The van der Waals surface area contributed by atoms with Crippen LogP contribution in [-0.2, 0) is 0 Å². The van der Waals surface area contributed by atoms with E-state index in [1.807, 2.05) is 18.2 Å². The van der Waals surface area contributed by atoms with Gasteiger partial charge in [0.2, 0.25) is 0 Å². The molecule has 2 heterocycles. The second-order valence-corrected chi connectivity index (χ2v) is 13.8. The molecule has 0 aliphatic rings. The van der Waals surface area contributed by atoms with E-state index in [0.29, 0.717) is 0 Å². The molecule has 0 bridgehead atoms. The van der Waals surface area contributed by atoms with Crippen LogP contribution in [0.2, 0.25) is 0 Å². The SMILES string of the molecule is Cc1cccc(-c2ccc3ccccc3c2)c1.c1cc(-c2ccc3ccccc3c2)cc(-c2ccc3oc4c(ccc5c6ccccc6oc54)c3c2)c1. The van der Waals surface area contributed by atoms with Crippen LogP contribution < -0.4 is 0 Å². The Kier molecular flexibility index (Phi) is 7.40. The van der Waals surface area contributed by atoms with Crippen molar-refractivity contribution in [3.8, 4) is 33.4 Å². The van der Waals surface area contributed by atoms with Crippen LogP contribution in [-0.4, -0.2) is 0 Å². The standard InChI is InChI=1S/C34H20O2.C17H14/c1-2-7-22-18-25(13-12-21(22)6-1)23-8-5-9-24(19-23)26-14-17-32-30(20-26)29-16-15-28-27-10-3-4-11-31(27)35-33(28)34(29)36-32;1-13-5-4-8-15(11-13)17-10-9-14-6-2-3-7-16(14)12-17/h1-20H;2-12H,1H3. The smallest absolute Gasteiger partial charge is 0.178 e. The summed E-state index contributed by atoms with van der Waals surface area (Å²) in [4.78, 5) is 0. The van der Waals surface area contributed by atoms with E-state index in [1.54, 1.807) is 0 Å². The number of aryl methyl sites for hydroxylation is 1. The number of hydrogen-bond acceptors (Lipinski definition) is 2. The van der Waals surface area contributed by atoms with E-state index in [4.69, 9.17) is 8.83 Å². The summed E-state index contributed by atoms with van der Waals surface area (Å²) in [5.74, 6) is 0. The summed E-state index contributed by atoms with van der Waals surface area (Å²) < 4.78 is 12.5. The lowest BCUT2D eigenvalue weighted by Crippen LogP contribution is -1.82. The van der Waals surface area contributed by atoms with E-state index in [0.717, 1.165) is 49.4 Å². The van der Waals surface area contributed by atoms with Crippen LogP contribution in [0.4, 0.5) is 0 Å². The molecule has 9 aromatic carbocycles. The molecule has 0 amide bonds. The van der Waals surface area contributed by atoms with Gasteiger partial charge in [-0.05, 0) is 110 Å². The molecule has 0 fully saturated rings. The topological polar surface area (TPSA) is 26.3 Å². The van der Waals surface area contributed by atoms with Crippen molar-refractivity contribution in [2.75, 3.05) is 0 Å². The molecular formula is C51H34O2. The van der Waals surface area contributed by atoms with Gasteiger partial charge in [-0.2, -0.15) is 0 Å². The second kappa shape index (κ2) is 12.7. The van der Waals surface area contributed by atoms with Gasteiger partial charge < -0.3 is 8.83 Å². The van der Waals surface area contributed by atoms with E-state index in [2.05, 4.69) is 177 Å². The molecular weight excluding hydrogens is 645 g/mol. The van der Waals surface area contributed by atoms with E-state index < -0.39 is 0 Å². The molecule has 0 N–H and O–H groups in total. The maximum atomic E-state index is 6.33. The third kappa shape index (κ3) is 5.62. The molecule has 0 saturated heterocycles. The van der Waals surface area contributed by atoms with Gasteiger partial charge in [-0.25, -0.2) is 0 Å². The van der Waals surface area contributed by atoms with Crippen LogP contribution in [0.25, 0.3) is 98.8 Å². The molecule has 2 aromatic heterocycles. The van der Waals surface area contributed by atoms with Gasteiger partial charge in [0.1, 0.15) is 11.2 Å². The maximum Gasteiger partial charge on any atom is 0.178 e. The van der Waals surface area contributed by atoms with Crippen molar-refractivity contribution in [2.24, 2.45) is 0 Å². The van der Waals surface area contributed by atoms with Gasteiger partial charge in [0, 0.05) is 21.5 Å². The average molecular weight is 679 g/mol. The van der Waals surface area contributed by atoms with Crippen molar-refractivity contribution in [1.29, 1.82) is 0 Å². The highest BCUT2D eigenvalue weighted by Gasteiger charge is 2.16. The zero-order valence-electron chi connectivity index (χ0n) is 29.2. The van der Waals surface area contributed by atoms with Crippen molar-refractivity contribution in [1.82, 2.24) is 0 Å². The predicted molar refractivity (Wildman–Crippen MR) is 223 cm³/mol. The van der Waals surface area contributed by atoms with Crippen molar-refractivity contribution in [3.05, 3.63) is 194 Å². The zero-order valence-corrected chi connectivity index (χ0v) is 29.2. The van der Waals surface area contributed by atoms with Crippen molar-refractivity contribution >= 4 is 65.4 Å². The third-order valence-electron chi connectivity index (χ3n) is 10.4. The third-order valence-corrected chi connectivity index (χ3v) is 10.4. The van der Waals surface area contributed by atoms with E-state index in [1.165, 1.54) is 54.9 Å². The van der Waals surface area contributed by atoms with Crippen molar-refractivity contribution < 1.29 is 8.83 Å². The Balaban J connectivity index is 0.000000172. The Morgan fingerprint density at radius 3 is 1.40 bits per heavy atom. The van der Waals surface area contributed by atoms with Crippen LogP contribution in [0.15, 0.2) is 197 Å². The Morgan fingerprint density at radius 1 is 0.283 bits per heavy atom. The maximum absolute atomic E-state index is 6.33. The van der Waals surface area contributed by atoms with Gasteiger partial charge in [0.25, 0.3) is 0 Å². The molecule has 2 nitrogen and oxygen atoms in total. The normalized spacial score (nSPS) is 11.5. The van der Waals surface area contributed by atoms with Crippen molar-refractivity contribution in [3.63, 3.8) is 0 Å². The first-order valence-electron chi connectivity index (χ1n) is 18.1. The molecule has 0 radical (unpaired) electrons. The van der Waals surface area contributed by atoms with Gasteiger partial charge in [0.15, 0.2) is 11.2 Å². The first kappa shape index (κ1) is 30.9. The highest BCUT2D eigenvalue weighted by Crippen LogP contribution is 2.40. The number of benzene rings is 9. The van der Waals surface area contributed by atoms with Gasteiger partial charge in [0.05, 0.1) is 0 Å². The number of rotatable bonds is 3. The molecule has 2 heteroatoms. The molecule has 0 aliphatic heterocycles. The van der Waals surface area contributed by atoms with Crippen LogP contribution in [0.1, 0.15) is 5.56 Å². The molecule has 53 heavy (non-hydrogen) atoms. The van der Waals surface area contributed by atoms with E-state index >= 15 is 0 Å². The summed E-state index contributed by atoms with van der Waals surface area (Å²) in [6.45, 7) is 2.13. The highest BCUT2D eigenvalue weighted by atomic mass is 16.4. The fourth-order valence-corrected chi connectivity index (χ4v) is 7.64. The molecule has 11 rings (SSSR count). The van der Waals surface area contributed by atoms with Gasteiger partial charge in [-0.15, -0.1) is 0 Å². The Morgan fingerprint density at radius 2 is 0.755 bits per heavy atom. The number of para-hydroxylation sites is 1. The zero-order chi connectivity index (χ0) is 35.3. The molecule has 250 valence electrons. The minimum Gasteiger partial charge on any atom is -0.452 e. The fraction of sp³-hybridized carbons (Fsp3) is 0.0196. The average Bonchev–Trinajstić information content (AvgIpc) is 3.79. The summed E-state index contributed by atoms with van der Waals surface area (Å²) >= 11 is 0. The lowest BCUT2D eigenvalue weighted by Gasteiger charge is -2.08. The molecule has 0 spiro atoms. The fourth-order valence-electron chi connectivity index (χ4n) is 7.64. The van der Waals surface area contributed by atoms with E-state index in [-0.39, 0.29) is 0 Å². The summed E-state index contributed by atoms with van der Waals surface area (Å²) in [5, 5.41) is 9.47. The molecule has 0 atom stereocenters. The van der Waals surface area contributed by atoms with Crippen LogP contribution >= 0.6 is 0 Å². The van der Waals surface area contributed by atoms with Gasteiger partial charge >= 0.3 is 0 Å². The summed E-state index contributed by atoms with van der Waals surface area (Å²) in [6, 6.07) is 66.5. The lowest BCUT2D eigenvalue weighted by molar-refractivity contribution is 0.633. The Bertz CT molecular complexity index is 3140. The molecule has 0 saturated carbocycles. The molecule has 0 unspecified atom stereocenters. The van der Waals surface area contributed by atoms with Crippen LogP contribution in [0.3, 0.4) is 0 Å². The molecule has 11 aromatic rings. The van der Waals surface area contributed by atoms with Crippen LogP contribution in [0.5, 0.6) is 0 Å². The minimum atomic E-state index is 0.806. The number of furan rings is 2. The van der Waals surface area contributed by atoms with E-state index in [9.17, 15) is 0 Å². The Hall–Kier alpha value is -6.90. The largest absolute Gasteiger partial charge is 0.452 e. The van der Waals surface area contributed by atoms with Crippen molar-refractivity contribution in [2.45, 2.75) is 6.92 Å². The highest BCUT2D eigenvalue weighted by molar-refractivity contribution is 6.19. The number of hydrogen-bond donors (Lipinski definition) is 0. The summed E-state index contributed by atoms with van der Waals surface area (Å²) in [6.07, 6.45) is 0. The summed E-state index contributed by atoms with van der Waals surface area (Å²) in [5.41, 5.74) is 12.0. The predicted octanol–water partition coefficient (Wildman–Crippen LogP) is 14.8. The monoisotopic (exact) mass is 678 g/mol. The second-order valence-electron chi connectivity index (χ2n) is 13.8. The molecule has 0 aliphatic carbocycles. The first-order valence-corrected chi connectivity index (χ1v) is 18.1. The Labute approximate surface area is 307 Å². The van der Waals surface area contributed by atoms with Gasteiger partial charge in [-0.1, -0.05) is 145 Å². The van der Waals surface area contributed by atoms with Gasteiger partial charge in [-0.3, -0.25) is 0 Å². The quantitative estimate of drug-likeness (QED) is 0.186. The summed E-state index contributed by atoms with van der Waals surface area (Å²) in [7, 11) is 0.